The molecule has 0 saturated heterocycles. The van der Waals surface area contributed by atoms with E-state index in [2.05, 4.69) is 0 Å². The zero-order chi connectivity index (χ0) is 11.0. The van der Waals surface area contributed by atoms with Gasteiger partial charge in [0.05, 0.1) is 0 Å². The lowest BCUT2D eigenvalue weighted by atomic mass is 10.1. The first kappa shape index (κ1) is 13.6. The number of carbonyl (C=O) groups is 1. The van der Waals surface area contributed by atoms with E-state index in [0.717, 1.165) is 6.42 Å². The summed E-state index contributed by atoms with van der Waals surface area (Å²) in [6.45, 7) is 6.54. The van der Waals surface area contributed by atoms with Gasteiger partial charge in [-0.15, -0.1) is 0 Å². The van der Waals surface area contributed by atoms with Gasteiger partial charge in [0.25, 0.3) is 5.79 Å². The van der Waals surface area contributed by atoms with Crippen molar-refractivity contribution in [3.8, 4) is 0 Å². The van der Waals surface area contributed by atoms with E-state index in [0.29, 0.717) is 30.1 Å². The Morgan fingerprint density at radius 3 is 2.00 bits per heavy atom. The van der Waals surface area contributed by atoms with Gasteiger partial charge < -0.3 is 13.9 Å². The molecule has 0 N–H and O–H groups in total. The molecule has 4 nitrogen and oxygen atoms in total. The van der Waals surface area contributed by atoms with Gasteiger partial charge in [0.2, 0.25) is 10.5 Å². The minimum absolute atomic E-state index is 0.365. The Bertz CT molecular complexity index is 155. The normalized spacial score (nSPS) is 11.6. The Labute approximate surface area is 88.5 Å². The van der Waals surface area contributed by atoms with Crippen LogP contribution in [-0.2, 0) is 18.7 Å². The maximum absolute atomic E-state index is 11.6. The van der Waals surface area contributed by atoms with Gasteiger partial charge in [-0.2, -0.15) is 0 Å². The highest BCUT2D eigenvalue weighted by Crippen LogP contribution is 2.21. The summed E-state index contributed by atoms with van der Waals surface area (Å²) >= 11 is 0. The summed E-state index contributed by atoms with van der Waals surface area (Å²) in [4.78, 5) is 11.6. The molecule has 0 fully saturated rings. The van der Waals surface area contributed by atoms with Crippen molar-refractivity contribution in [1.29, 1.82) is 0 Å². The molecule has 0 aliphatic heterocycles. The molecule has 0 aromatic rings. The smallest absolute Gasteiger partial charge is 0.352 e. The van der Waals surface area contributed by atoms with E-state index in [1.54, 1.807) is 0 Å². The fourth-order valence-electron chi connectivity index (χ4n) is 1.36. The molecule has 0 rings (SSSR count). The largest absolute Gasteiger partial charge is 0.525 e. The van der Waals surface area contributed by atoms with E-state index >= 15 is 0 Å². The monoisotopic (exact) mass is 220 g/mol. The van der Waals surface area contributed by atoms with Crippen LogP contribution < -0.4 is 0 Å². The van der Waals surface area contributed by atoms with E-state index in [4.69, 9.17) is 13.9 Å². The minimum Gasteiger partial charge on any atom is -0.525 e. The molecule has 0 aliphatic carbocycles. The maximum Gasteiger partial charge on any atom is 0.352 e. The average Bonchev–Trinajstić information content (AvgIpc) is 2.17. The molecular formula is C9H20O4Si. The van der Waals surface area contributed by atoms with Gasteiger partial charge >= 0.3 is 5.97 Å². The molecule has 0 radical (unpaired) electrons. The van der Waals surface area contributed by atoms with Gasteiger partial charge in [0, 0.05) is 19.6 Å². The number of hydrogen-bond acceptors (Lipinski definition) is 4. The Balaban J connectivity index is 4.62. The standard InChI is InChI=1S/C9H20O4Si/c1-4-7-9(11-5-2,12-6-3)8(10)13-14/h4-7H2,1-3,14H3. The number of ether oxygens (including phenoxy) is 2. The quantitative estimate of drug-likeness (QED) is 0.459. The van der Waals surface area contributed by atoms with Crippen molar-refractivity contribution in [2.75, 3.05) is 13.2 Å². The molecule has 0 aromatic heterocycles. The summed E-state index contributed by atoms with van der Waals surface area (Å²) < 4.78 is 15.6. The molecule has 0 aromatic carbocycles. The van der Waals surface area contributed by atoms with E-state index in [1.807, 2.05) is 20.8 Å². The Morgan fingerprint density at radius 1 is 1.21 bits per heavy atom. The molecule has 14 heavy (non-hydrogen) atoms. The van der Waals surface area contributed by atoms with Crippen molar-refractivity contribution in [3.63, 3.8) is 0 Å². The van der Waals surface area contributed by atoms with Gasteiger partial charge in [0.1, 0.15) is 0 Å². The number of rotatable bonds is 7. The first-order valence-corrected chi connectivity index (χ1v) is 5.84. The minimum atomic E-state index is -1.17. The molecule has 0 aliphatic rings. The van der Waals surface area contributed by atoms with Crippen molar-refractivity contribution >= 4 is 16.5 Å². The first-order chi connectivity index (χ1) is 6.66. The predicted molar refractivity (Wildman–Crippen MR) is 56.9 cm³/mol. The lowest BCUT2D eigenvalue weighted by Crippen LogP contribution is -2.45. The molecule has 0 saturated carbocycles. The molecule has 5 heteroatoms. The molecular weight excluding hydrogens is 200 g/mol. The second-order valence-corrected chi connectivity index (χ2v) is 3.27. The van der Waals surface area contributed by atoms with Gasteiger partial charge in [0.15, 0.2) is 0 Å². The summed E-state index contributed by atoms with van der Waals surface area (Å²) in [7, 11) is 0.365. The zero-order valence-electron chi connectivity index (χ0n) is 9.46. The van der Waals surface area contributed by atoms with Crippen LogP contribution in [0.1, 0.15) is 33.6 Å². The van der Waals surface area contributed by atoms with Crippen molar-refractivity contribution in [2.45, 2.75) is 39.4 Å². The van der Waals surface area contributed by atoms with Crippen LogP contribution in [0, 0.1) is 0 Å². The summed E-state index contributed by atoms with van der Waals surface area (Å²) in [5.74, 6) is -1.56. The van der Waals surface area contributed by atoms with Crippen molar-refractivity contribution in [2.24, 2.45) is 0 Å². The third-order valence-corrected chi connectivity index (χ3v) is 2.20. The van der Waals surface area contributed by atoms with E-state index in [9.17, 15) is 4.79 Å². The van der Waals surface area contributed by atoms with Gasteiger partial charge in [-0.3, -0.25) is 0 Å². The van der Waals surface area contributed by atoms with Gasteiger partial charge in [-0.1, -0.05) is 13.3 Å². The Morgan fingerprint density at radius 2 is 1.71 bits per heavy atom. The summed E-state index contributed by atoms with van der Waals surface area (Å²) in [6, 6.07) is 0. The zero-order valence-corrected chi connectivity index (χ0v) is 11.5. The van der Waals surface area contributed by atoms with Crippen LogP contribution in [0.2, 0.25) is 0 Å². The second-order valence-electron chi connectivity index (χ2n) is 2.86. The molecule has 0 atom stereocenters. The summed E-state index contributed by atoms with van der Waals surface area (Å²) in [5.41, 5.74) is 0. The summed E-state index contributed by atoms with van der Waals surface area (Å²) in [5, 5.41) is 0. The molecule has 0 spiro atoms. The molecule has 0 bridgehead atoms. The molecule has 0 unspecified atom stereocenters. The van der Waals surface area contributed by atoms with Crippen LogP contribution in [0.25, 0.3) is 0 Å². The average molecular weight is 220 g/mol. The van der Waals surface area contributed by atoms with Crippen LogP contribution in [0.4, 0.5) is 0 Å². The highest BCUT2D eigenvalue weighted by Gasteiger charge is 2.40. The molecule has 84 valence electrons. The van der Waals surface area contributed by atoms with E-state index < -0.39 is 11.8 Å². The third-order valence-electron chi connectivity index (χ3n) is 1.83. The maximum atomic E-state index is 11.6. The summed E-state index contributed by atoms with van der Waals surface area (Å²) in [6.07, 6.45) is 1.35. The molecule has 0 amide bonds. The molecule has 0 heterocycles. The Kier molecular flexibility index (Phi) is 6.78. The van der Waals surface area contributed by atoms with Crippen LogP contribution in [0.3, 0.4) is 0 Å². The SMILES string of the molecule is CCCC(OCC)(OCC)C(=O)O[SiH3]. The van der Waals surface area contributed by atoms with Crippen molar-refractivity contribution < 1.29 is 18.7 Å². The van der Waals surface area contributed by atoms with Crippen molar-refractivity contribution in [3.05, 3.63) is 0 Å². The highest BCUT2D eigenvalue weighted by atomic mass is 28.2. The third kappa shape index (κ3) is 3.40. The van der Waals surface area contributed by atoms with Gasteiger partial charge in [-0.25, -0.2) is 4.79 Å². The van der Waals surface area contributed by atoms with Crippen LogP contribution in [0.15, 0.2) is 0 Å². The second kappa shape index (κ2) is 6.97. The lowest BCUT2D eigenvalue weighted by molar-refractivity contribution is -0.241. The first-order valence-electron chi connectivity index (χ1n) is 5.03. The van der Waals surface area contributed by atoms with Crippen LogP contribution in [-0.4, -0.2) is 35.5 Å². The predicted octanol–water partition coefficient (Wildman–Crippen LogP) is 0.379. The van der Waals surface area contributed by atoms with Gasteiger partial charge in [-0.05, 0) is 13.8 Å². The van der Waals surface area contributed by atoms with E-state index in [-0.39, 0.29) is 0 Å². The lowest BCUT2D eigenvalue weighted by Gasteiger charge is -2.30. The fraction of sp³-hybridized carbons (Fsp3) is 0.889. The highest BCUT2D eigenvalue weighted by molar-refractivity contribution is 6.06. The Hall–Kier alpha value is -0.393. The number of carbonyl (C=O) groups excluding carboxylic acids is 1. The van der Waals surface area contributed by atoms with Crippen LogP contribution in [0.5, 0.6) is 0 Å². The van der Waals surface area contributed by atoms with E-state index in [1.165, 1.54) is 0 Å². The fourth-order valence-corrected chi connectivity index (χ4v) is 1.67. The number of hydrogen-bond donors (Lipinski definition) is 0. The van der Waals surface area contributed by atoms with Crippen LogP contribution >= 0.6 is 0 Å². The van der Waals surface area contributed by atoms with Crippen molar-refractivity contribution in [1.82, 2.24) is 0 Å². The topological polar surface area (TPSA) is 44.8 Å².